The number of carboxylic acids is 1. The Kier molecular flexibility index (Phi) is 50.0. The molecule has 0 aliphatic carbocycles. The summed E-state index contributed by atoms with van der Waals surface area (Å²) in [6.45, 7) is 3.98. The Bertz CT molecular complexity index is 1050. The standard InChI is InChI=1S/C54H108NO9P/c1-3-5-7-9-11-13-15-17-19-21-23-25-26-28-30-32-34-36-38-40-42-44-46-53(56)64-51(49-62-65(59,60)63-50-52(55)54(57)58)48-61-47-45-43-41-39-37-35-33-31-29-27-24-22-20-18-16-14-12-10-8-6-4-2/h51-52H,3-50,55H2,1-2H3,(H,57,58)(H,59,60). The topological polar surface area (TPSA) is 155 Å². The molecule has 0 spiro atoms. The van der Waals surface area contributed by atoms with Crippen LogP contribution in [0.2, 0.25) is 0 Å². The molecule has 65 heavy (non-hydrogen) atoms. The van der Waals surface area contributed by atoms with E-state index in [0.29, 0.717) is 6.61 Å². The molecule has 3 unspecified atom stereocenters. The molecule has 4 N–H and O–H groups in total. The summed E-state index contributed by atoms with van der Waals surface area (Å²) in [5, 5.41) is 8.94. The van der Waals surface area contributed by atoms with Gasteiger partial charge in [0.1, 0.15) is 12.1 Å². The number of phosphoric ester groups is 1. The molecule has 0 rings (SSSR count). The number of esters is 1. The first-order chi connectivity index (χ1) is 31.7. The zero-order valence-corrected chi connectivity index (χ0v) is 43.8. The highest BCUT2D eigenvalue weighted by molar-refractivity contribution is 7.47. The van der Waals surface area contributed by atoms with Crippen molar-refractivity contribution in [1.29, 1.82) is 0 Å². The molecule has 0 radical (unpaired) electrons. The highest BCUT2D eigenvalue weighted by Gasteiger charge is 2.27. The normalized spacial score (nSPS) is 13.5. The van der Waals surface area contributed by atoms with Crippen LogP contribution in [-0.2, 0) is 32.7 Å². The summed E-state index contributed by atoms with van der Waals surface area (Å²) in [6, 6.07) is -1.47. The summed E-state index contributed by atoms with van der Waals surface area (Å²) < 4.78 is 33.6. The fraction of sp³-hybridized carbons (Fsp3) is 0.963. The van der Waals surface area contributed by atoms with Crippen molar-refractivity contribution in [2.24, 2.45) is 5.73 Å². The average Bonchev–Trinajstić information content (AvgIpc) is 3.29. The van der Waals surface area contributed by atoms with Crippen LogP contribution in [0.3, 0.4) is 0 Å². The van der Waals surface area contributed by atoms with Crippen LogP contribution in [0.5, 0.6) is 0 Å². The number of carboxylic acid groups (broad SMARTS) is 1. The SMILES string of the molecule is CCCCCCCCCCCCCCCCCCCCCCCCC(=O)OC(COCCCCCCCCCCCCCCCCCCCCCCC)COP(=O)(O)OCC(N)C(=O)O. The van der Waals surface area contributed by atoms with Gasteiger partial charge in [-0.3, -0.25) is 18.6 Å². The smallest absolute Gasteiger partial charge is 0.472 e. The van der Waals surface area contributed by atoms with Crippen LogP contribution >= 0.6 is 7.82 Å². The number of aliphatic carboxylic acids is 1. The van der Waals surface area contributed by atoms with Gasteiger partial charge in [0.2, 0.25) is 0 Å². The number of ether oxygens (including phenoxy) is 2. The van der Waals surface area contributed by atoms with Crippen molar-refractivity contribution in [3.8, 4) is 0 Å². The van der Waals surface area contributed by atoms with Crippen LogP contribution in [0.1, 0.15) is 296 Å². The molecule has 0 aromatic carbocycles. The van der Waals surface area contributed by atoms with Crippen LogP contribution in [0.15, 0.2) is 0 Å². The third-order valence-electron chi connectivity index (χ3n) is 12.9. The van der Waals surface area contributed by atoms with Gasteiger partial charge in [0, 0.05) is 13.0 Å². The minimum atomic E-state index is -4.62. The first-order valence-corrected chi connectivity index (χ1v) is 29.6. The van der Waals surface area contributed by atoms with E-state index in [1.54, 1.807) is 0 Å². The lowest BCUT2D eigenvalue weighted by Gasteiger charge is -2.20. The van der Waals surface area contributed by atoms with E-state index in [-0.39, 0.29) is 13.0 Å². The number of phosphoric acid groups is 1. The van der Waals surface area contributed by atoms with E-state index in [1.165, 1.54) is 238 Å². The molecule has 0 aliphatic heterocycles. The van der Waals surface area contributed by atoms with E-state index in [9.17, 15) is 19.0 Å². The van der Waals surface area contributed by atoms with Gasteiger partial charge in [-0.05, 0) is 12.8 Å². The van der Waals surface area contributed by atoms with E-state index in [2.05, 4.69) is 13.8 Å². The molecule has 10 nitrogen and oxygen atoms in total. The van der Waals surface area contributed by atoms with E-state index in [4.69, 9.17) is 29.4 Å². The molecule has 0 saturated heterocycles. The van der Waals surface area contributed by atoms with Crippen LogP contribution in [0, 0.1) is 0 Å². The van der Waals surface area contributed by atoms with Gasteiger partial charge in [0.15, 0.2) is 0 Å². The number of unbranched alkanes of at least 4 members (excludes halogenated alkanes) is 41. The number of nitrogens with two attached hydrogens (primary N) is 1. The van der Waals surface area contributed by atoms with Gasteiger partial charge in [-0.1, -0.05) is 277 Å². The predicted molar refractivity (Wildman–Crippen MR) is 273 cm³/mol. The molecule has 3 atom stereocenters. The molecule has 388 valence electrons. The molecule has 0 heterocycles. The van der Waals surface area contributed by atoms with E-state index in [0.717, 1.165) is 38.5 Å². The summed E-state index contributed by atoms with van der Waals surface area (Å²) in [6.07, 6.45) is 56.0. The van der Waals surface area contributed by atoms with Gasteiger partial charge in [-0.25, -0.2) is 4.57 Å². The predicted octanol–water partition coefficient (Wildman–Crippen LogP) is 16.7. The van der Waals surface area contributed by atoms with Crippen molar-refractivity contribution in [2.75, 3.05) is 26.4 Å². The van der Waals surface area contributed by atoms with Gasteiger partial charge < -0.3 is 25.2 Å². The number of hydrogen-bond donors (Lipinski definition) is 3. The fourth-order valence-electron chi connectivity index (χ4n) is 8.55. The molecule has 0 bridgehead atoms. The Morgan fingerprint density at radius 2 is 0.708 bits per heavy atom. The monoisotopic (exact) mass is 946 g/mol. The highest BCUT2D eigenvalue weighted by Crippen LogP contribution is 2.43. The average molecular weight is 946 g/mol. The Morgan fingerprint density at radius 3 is 1.02 bits per heavy atom. The van der Waals surface area contributed by atoms with Crippen molar-refractivity contribution in [3.05, 3.63) is 0 Å². The number of rotatable bonds is 55. The maximum Gasteiger partial charge on any atom is 0.472 e. The van der Waals surface area contributed by atoms with Crippen LogP contribution in [0.4, 0.5) is 0 Å². The first kappa shape index (κ1) is 64.0. The van der Waals surface area contributed by atoms with Crippen LogP contribution in [-0.4, -0.2) is 60.5 Å². The van der Waals surface area contributed by atoms with Crippen molar-refractivity contribution in [1.82, 2.24) is 0 Å². The summed E-state index contributed by atoms with van der Waals surface area (Å²) in [4.78, 5) is 33.8. The van der Waals surface area contributed by atoms with Crippen LogP contribution < -0.4 is 5.73 Å². The van der Waals surface area contributed by atoms with Gasteiger partial charge in [0.25, 0.3) is 0 Å². The molecule has 0 amide bonds. The van der Waals surface area contributed by atoms with E-state index >= 15 is 0 Å². The highest BCUT2D eigenvalue weighted by atomic mass is 31.2. The Balaban J connectivity index is 4.02. The molecular weight excluding hydrogens is 838 g/mol. The number of carbonyl (C=O) groups excluding carboxylic acids is 1. The maximum atomic E-state index is 12.7. The molecule has 0 fully saturated rings. The summed E-state index contributed by atoms with van der Waals surface area (Å²) in [7, 11) is -4.62. The minimum absolute atomic E-state index is 0.0267. The Morgan fingerprint density at radius 1 is 0.431 bits per heavy atom. The number of hydrogen-bond acceptors (Lipinski definition) is 8. The lowest BCUT2D eigenvalue weighted by atomic mass is 10.0. The summed E-state index contributed by atoms with van der Waals surface area (Å²) in [5.41, 5.74) is 5.39. The number of carbonyl (C=O) groups is 2. The van der Waals surface area contributed by atoms with Crippen molar-refractivity contribution < 1.29 is 42.7 Å². The van der Waals surface area contributed by atoms with E-state index < -0.39 is 45.1 Å². The summed E-state index contributed by atoms with van der Waals surface area (Å²) in [5.74, 6) is -1.76. The third-order valence-corrected chi connectivity index (χ3v) is 13.8. The second kappa shape index (κ2) is 50.8. The van der Waals surface area contributed by atoms with Gasteiger partial charge in [0.05, 0.1) is 19.8 Å². The lowest BCUT2D eigenvalue weighted by Crippen LogP contribution is -2.34. The van der Waals surface area contributed by atoms with Crippen molar-refractivity contribution in [3.63, 3.8) is 0 Å². The molecule has 0 aromatic rings. The second-order valence-electron chi connectivity index (χ2n) is 19.4. The summed E-state index contributed by atoms with van der Waals surface area (Å²) >= 11 is 0. The van der Waals surface area contributed by atoms with Crippen molar-refractivity contribution in [2.45, 2.75) is 309 Å². The fourth-order valence-corrected chi connectivity index (χ4v) is 9.33. The van der Waals surface area contributed by atoms with Gasteiger partial charge >= 0.3 is 19.8 Å². The Labute approximate surface area is 401 Å². The molecule has 0 aromatic heterocycles. The van der Waals surface area contributed by atoms with E-state index in [1.807, 2.05) is 0 Å². The zero-order valence-electron chi connectivity index (χ0n) is 42.9. The largest absolute Gasteiger partial charge is 0.480 e. The molecule has 0 saturated carbocycles. The second-order valence-corrected chi connectivity index (χ2v) is 20.9. The molecule has 11 heteroatoms. The molecule has 0 aliphatic rings. The van der Waals surface area contributed by atoms with Gasteiger partial charge in [-0.2, -0.15) is 0 Å². The molecular formula is C54H108NO9P. The third kappa shape index (κ3) is 50.7. The Hall–Kier alpha value is -1.03. The zero-order chi connectivity index (χ0) is 47.6. The quantitative estimate of drug-likeness (QED) is 0.0305. The lowest BCUT2D eigenvalue weighted by molar-refractivity contribution is -0.154. The minimum Gasteiger partial charge on any atom is -0.480 e. The first-order valence-electron chi connectivity index (χ1n) is 28.1. The maximum absolute atomic E-state index is 12.7. The van der Waals surface area contributed by atoms with Crippen LogP contribution in [0.25, 0.3) is 0 Å². The van der Waals surface area contributed by atoms with Crippen molar-refractivity contribution >= 4 is 19.8 Å². The van der Waals surface area contributed by atoms with Gasteiger partial charge in [-0.15, -0.1) is 0 Å².